The molecule has 5 nitrogen and oxygen atoms in total. The van der Waals surface area contributed by atoms with Gasteiger partial charge in [0.2, 0.25) is 5.91 Å². The van der Waals surface area contributed by atoms with Crippen molar-refractivity contribution in [2.45, 2.75) is 64.0 Å². The molecule has 2 bridgehead atoms. The van der Waals surface area contributed by atoms with Crippen LogP contribution in [0.1, 0.15) is 68.0 Å². The molecule has 1 amide bonds. The molecule has 7 heterocycles. The molecule has 2 aromatic carbocycles. The third kappa shape index (κ3) is 3.35. The Bertz CT molecular complexity index is 1870. The van der Waals surface area contributed by atoms with Gasteiger partial charge in [0.05, 0.1) is 5.54 Å². The maximum atomic E-state index is 13.7. The molecule has 1 aliphatic carbocycles. The van der Waals surface area contributed by atoms with Gasteiger partial charge in [0.25, 0.3) is 0 Å². The lowest BCUT2D eigenvalue weighted by Crippen LogP contribution is -2.50. The normalized spacial score (nSPS) is 33.6. The number of para-hydroxylation sites is 2. The number of piperidine rings is 2. The number of hydrogen-bond acceptors (Lipinski definition) is 2. The number of hydrogen-bond donors (Lipinski definition) is 1. The van der Waals surface area contributed by atoms with E-state index in [1.807, 2.05) is 11.9 Å². The van der Waals surface area contributed by atoms with E-state index in [9.17, 15) is 4.79 Å². The van der Waals surface area contributed by atoms with Crippen LogP contribution in [0.15, 0.2) is 71.8 Å². The topological polar surface area (TPSA) is 44.3 Å². The van der Waals surface area contributed by atoms with Gasteiger partial charge in [0.1, 0.15) is 0 Å². The lowest BCUT2D eigenvalue weighted by molar-refractivity contribution is -0.129. The molecule has 220 valence electrons. The summed E-state index contributed by atoms with van der Waals surface area (Å²) >= 11 is 0. The number of allylic oxidation sites excluding steroid dienone is 2. The van der Waals surface area contributed by atoms with Crippen LogP contribution >= 0.6 is 0 Å². The van der Waals surface area contributed by atoms with Crippen molar-refractivity contribution in [3.63, 3.8) is 0 Å². The minimum atomic E-state index is -0.178. The molecule has 5 aliphatic heterocycles. The van der Waals surface area contributed by atoms with Crippen LogP contribution in [0.2, 0.25) is 0 Å². The molecule has 2 saturated heterocycles. The second-order valence-corrected chi connectivity index (χ2v) is 14.0. The van der Waals surface area contributed by atoms with E-state index >= 15 is 0 Å². The van der Waals surface area contributed by atoms with Crippen LogP contribution in [-0.4, -0.2) is 51.9 Å². The zero-order valence-electron chi connectivity index (χ0n) is 25.7. The summed E-state index contributed by atoms with van der Waals surface area (Å²) in [5, 5.41) is 2.76. The monoisotopic (exact) mass is 570 g/mol. The van der Waals surface area contributed by atoms with Gasteiger partial charge >= 0.3 is 0 Å². The molecule has 6 aliphatic rings. The third-order valence-electron chi connectivity index (χ3n) is 12.2. The first-order valence-electron chi connectivity index (χ1n) is 16.6. The summed E-state index contributed by atoms with van der Waals surface area (Å²) in [6, 6.07) is 18.1. The van der Waals surface area contributed by atoms with Crippen molar-refractivity contribution in [2.24, 2.45) is 17.8 Å². The van der Waals surface area contributed by atoms with Crippen LogP contribution in [-0.2, 0) is 23.3 Å². The highest BCUT2D eigenvalue weighted by atomic mass is 16.2. The molecule has 1 N–H and O–H groups in total. The second-order valence-electron chi connectivity index (χ2n) is 14.0. The Morgan fingerprint density at radius 1 is 1.05 bits per heavy atom. The SMILES string of the molecule is C/C=C1/CN2CC[C@@H]1[C@@]1(C[C@H]3C[C@@H]4/C(=C\Cc5c3n1c1ccccc51)C(=O)N(C)C[C@@H]4CC)c1[nH]c3ccccc3c1C2. The zero-order chi connectivity index (χ0) is 29.0. The average molecular weight is 571 g/mol. The average Bonchev–Trinajstić information content (AvgIpc) is 3.65. The highest BCUT2D eigenvalue weighted by molar-refractivity contribution is 5.95. The first-order valence-corrected chi connectivity index (χ1v) is 16.6. The molecule has 0 radical (unpaired) electrons. The van der Waals surface area contributed by atoms with E-state index in [0.717, 1.165) is 57.4 Å². The van der Waals surface area contributed by atoms with Crippen LogP contribution in [0, 0.1) is 17.8 Å². The van der Waals surface area contributed by atoms with Gasteiger partial charge in [-0.05, 0) is 74.2 Å². The van der Waals surface area contributed by atoms with E-state index < -0.39 is 0 Å². The number of amides is 1. The highest BCUT2D eigenvalue weighted by Crippen LogP contribution is 2.61. The van der Waals surface area contributed by atoms with Crippen molar-refractivity contribution in [1.29, 1.82) is 0 Å². The van der Waals surface area contributed by atoms with Crippen molar-refractivity contribution in [3.05, 3.63) is 94.3 Å². The lowest BCUT2D eigenvalue weighted by atomic mass is 9.66. The number of rotatable bonds is 1. The van der Waals surface area contributed by atoms with E-state index in [2.05, 4.69) is 89.0 Å². The molecule has 1 unspecified atom stereocenters. The molecule has 5 heteroatoms. The fraction of sp³-hybridized carbons (Fsp3) is 0.447. The first-order chi connectivity index (χ1) is 21.0. The number of likely N-dealkylation sites (N-methyl/N-ethyl adjacent to an activating group) is 1. The number of likely N-dealkylation sites (tertiary alicyclic amines) is 1. The van der Waals surface area contributed by atoms with Crippen molar-refractivity contribution in [1.82, 2.24) is 19.4 Å². The number of benzene rings is 2. The summed E-state index contributed by atoms with van der Waals surface area (Å²) in [6.07, 6.45) is 10.1. The van der Waals surface area contributed by atoms with E-state index in [0.29, 0.717) is 23.7 Å². The number of nitrogens with one attached hydrogen (secondary N) is 1. The van der Waals surface area contributed by atoms with E-state index in [-0.39, 0.29) is 11.4 Å². The third-order valence-corrected chi connectivity index (χ3v) is 12.2. The van der Waals surface area contributed by atoms with Gasteiger partial charge < -0.3 is 14.5 Å². The molecule has 10 rings (SSSR count). The number of H-pyrrole nitrogens is 1. The summed E-state index contributed by atoms with van der Waals surface area (Å²) in [4.78, 5) is 22.4. The fourth-order valence-corrected chi connectivity index (χ4v) is 10.4. The van der Waals surface area contributed by atoms with Gasteiger partial charge in [-0.3, -0.25) is 9.69 Å². The van der Waals surface area contributed by atoms with Gasteiger partial charge in [0.15, 0.2) is 0 Å². The van der Waals surface area contributed by atoms with E-state index in [1.165, 1.54) is 45.0 Å². The van der Waals surface area contributed by atoms with Gasteiger partial charge in [-0.15, -0.1) is 0 Å². The van der Waals surface area contributed by atoms with E-state index in [1.54, 1.807) is 11.3 Å². The van der Waals surface area contributed by atoms with Crippen molar-refractivity contribution < 1.29 is 4.79 Å². The summed E-state index contributed by atoms with van der Waals surface area (Å²) in [6.45, 7) is 8.65. The summed E-state index contributed by atoms with van der Waals surface area (Å²) in [5.74, 6) is 1.94. The number of carbonyl (C=O) groups is 1. The largest absolute Gasteiger partial charge is 0.356 e. The fourth-order valence-electron chi connectivity index (χ4n) is 10.4. The molecule has 4 aromatic rings. The highest BCUT2D eigenvalue weighted by Gasteiger charge is 2.57. The number of nitrogens with zero attached hydrogens (tertiary/aromatic N) is 3. The Kier molecular flexibility index (Phi) is 5.55. The van der Waals surface area contributed by atoms with Gasteiger partial charge in [-0.25, -0.2) is 0 Å². The Balaban J connectivity index is 1.36. The van der Waals surface area contributed by atoms with Crippen LogP contribution in [0.25, 0.3) is 21.8 Å². The van der Waals surface area contributed by atoms with Crippen LogP contribution < -0.4 is 0 Å². The molecule has 6 atom stereocenters. The summed E-state index contributed by atoms with van der Waals surface area (Å²) < 4.78 is 2.86. The molecule has 2 aromatic heterocycles. The number of carbonyl (C=O) groups excluding carboxylic acids is 1. The van der Waals surface area contributed by atoms with Crippen LogP contribution in [0.3, 0.4) is 0 Å². The van der Waals surface area contributed by atoms with E-state index in [4.69, 9.17) is 0 Å². The van der Waals surface area contributed by atoms with Crippen LogP contribution in [0.4, 0.5) is 0 Å². The second kappa shape index (κ2) is 9.22. The van der Waals surface area contributed by atoms with Crippen LogP contribution in [0.5, 0.6) is 0 Å². The zero-order valence-corrected chi connectivity index (χ0v) is 25.7. The van der Waals surface area contributed by atoms with Crippen molar-refractivity contribution >= 4 is 27.7 Å². The Morgan fingerprint density at radius 3 is 2.70 bits per heavy atom. The van der Waals surface area contributed by atoms with Crippen molar-refractivity contribution in [3.8, 4) is 0 Å². The number of aromatic amines is 1. The standard InChI is InChI=1S/C38H42N4O/c1-4-23-20-40(3)37(43)29-15-14-28-27-11-7-9-13-34(27)42-35(28)25(18-30(23)29)19-38(42)32-16-17-41(21-24(32)5-2)22-31-26-10-6-8-12-33(26)39-36(31)38/h5-13,15,23,25,30,32,39H,4,14,16-22H2,1-3H3/b24-5-,29-15+/t23-,25+,30-,32-,38-/m0/s1. The minimum Gasteiger partial charge on any atom is -0.356 e. The van der Waals surface area contributed by atoms with Crippen molar-refractivity contribution in [2.75, 3.05) is 26.7 Å². The lowest BCUT2D eigenvalue weighted by Gasteiger charge is -2.49. The smallest absolute Gasteiger partial charge is 0.249 e. The van der Waals surface area contributed by atoms with Gasteiger partial charge in [-0.2, -0.15) is 0 Å². The molecule has 1 spiro atoms. The molecule has 2 fully saturated rings. The summed E-state index contributed by atoms with van der Waals surface area (Å²) in [7, 11) is 2.00. The predicted molar refractivity (Wildman–Crippen MR) is 173 cm³/mol. The molecule has 43 heavy (non-hydrogen) atoms. The maximum Gasteiger partial charge on any atom is 0.249 e. The number of aromatic nitrogens is 2. The molecular weight excluding hydrogens is 528 g/mol. The summed E-state index contributed by atoms with van der Waals surface area (Å²) in [5.41, 5.74) is 11.1. The maximum absolute atomic E-state index is 13.7. The molecular formula is C38H42N4O. The Labute approximate surface area is 254 Å². The Hall–Kier alpha value is -3.57. The van der Waals surface area contributed by atoms with Gasteiger partial charge in [-0.1, -0.05) is 67.5 Å². The quantitative estimate of drug-likeness (QED) is 0.248. The first kappa shape index (κ1) is 25.9. The molecule has 0 saturated carbocycles. The Morgan fingerprint density at radius 2 is 1.86 bits per heavy atom. The predicted octanol–water partition coefficient (Wildman–Crippen LogP) is 7.12. The van der Waals surface area contributed by atoms with Gasteiger partial charge in [0, 0.05) is 77.3 Å². The number of fused-ring (bicyclic) bond motifs is 7. The minimum absolute atomic E-state index is 0.178.